The van der Waals surface area contributed by atoms with E-state index < -0.39 is 0 Å². The normalized spacial score (nSPS) is 9.38. The number of rotatable bonds is 11. The Balaban J connectivity index is 4.23. The highest BCUT2D eigenvalue weighted by molar-refractivity contribution is 5.72. The van der Waals surface area contributed by atoms with E-state index in [1.807, 2.05) is 0 Å². The van der Waals surface area contributed by atoms with E-state index in [4.69, 9.17) is 9.47 Å². The Bertz CT molecular complexity index is 503. The molecular weight excluding hydrogens is 324 g/mol. The Morgan fingerprint density at radius 3 is 2.00 bits per heavy atom. The van der Waals surface area contributed by atoms with Crippen LogP contribution < -0.4 is 0 Å². The van der Waals surface area contributed by atoms with Crippen LogP contribution in [0.3, 0.4) is 0 Å². The molecule has 0 atom stereocenters. The summed E-state index contributed by atoms with van der Waals surface area (Å²) in [5.41, 5.74) is 0. The predicted molar refractivity (Wildman–Crippen MR) is 107 cm³/mol. The van der Waals surface area contributed by atoms with E-state index >= 15 is 0 Å². The van der Waals surface area contributed by atoms with Crippen LogP contribution in [-0.4, -0.2) is 25.8 Å². The van der Waals surface area contributed by atoms with Gasteiger partial charge in [-0.3, -0.25) is 4.79 Å². The molecule has 0 unspecified atom stereocenters. The molecular formula is C23H34O3. The van der Waals surface area contributed by atoms with Gasteiger partial charge < -0.3 is 9.47 Å². The number of carbonyl (C=O) groups is 1. The SMILES string of the molecule is CCCCC#CCC(CC#CCCCC)COCC#CCC(=O)OCC. The fourth-order valence-corrected chi connectivity index (χ4v) is 2.00. The summed E-state index contributed by atoms with van der Waals surface area (Å²) in [7, 11) is 0. The van der Waals surface area contributed by atoms with Crippen LogP contribution >= 0.6 is 0 Å². The van der Waals surface area contributed by atoms with Crippen molar-refractivity contribution in [2.45, 2.75) is 78.6 Å². The van der Waals surface area contributed by atoms with Crippen molar-refractivity contribution in [1.29, 1.82) is 0 Å². The summed E-state index contributed by atoms with van der Waals surface area (Å²) in [6.45, 7) is 7.43. The molecule has 0 radical (unpaired) electrons. The lowest BCUT2D eigenvalue weighted by Gasteiger charge is -2.10. The molecule has 0 aromatic heterocycles. The van der Waals surface area contributed by atoms with Crippen molar-refractivity contribution in [3.05, 3.63) is 0 Å². The average Bonchev–Trinajstić information content (AvgIpc) is 2.63. The van der Waals surface area contributed by atoms with E-state index in [0.29, 0.717) is 25.7 Å². The first-order valence-electron chi connectivity index (χ1n) is 9.85. The van der Waals surface area contributed by atoms with Gasteiger partial charge in [-0.1, -0.05) is 38.5 Å². The van der Waals surface area contributed by atoms with Gasteiger partial charge in [0.1, 0.15) is 13.0 Å². The van der Waals surface area contributed by atoms with Gasteiger partial charge >= 0.3 is 5.97 Å². The maximum atomic E-state index is 11.2. The lowest BCUT2D eigenvalue weighted by Crippen LogP contribution is -2.09. The van der Waals surface area contributed by atoms with Crippen molar-refractivity contribution in [1.82, 2.24) is 0 Å². The maximum absolute atomic E-state index is 11.2. The van der Waals surface area contributed by atoms with Crippen LogP contribution in [0.15, 0.2) is 0 Å². The van der Waals surface area contributed by atoms with E-state index in [1.165, 1.54) is 12.8 Å². The highest BCUT2D eigenvalue weighted by Crippen LogP contribution is 2.08. The highest BCUT2D eigenvalue weighted by atomic mass is 16.5. The van der Waals surface area contributed by atoms with E-state index in [2.05, 4.69) is 49.4 Å². The zero-order valence-electron chi connectivity index (χ0n) is 16.8. The van der Waals surface area contributed by atoms with Gasteiger partial charge in [-0.2, -0.15) is 0 Å². The first-order valence-corrected chi connectivity index (χ1v) is 9.85. The molecule has 0 spiro atoms. The van der Waals surface area contributed by atoms with Crippen molar-refractivity contribution in [3.63, 3.8) is 0 Å². The summed E-state index contributed by atoms with van der Waals surface area (Å²) in [5, 5.41) is 0. The second-order valence-electron chi connectivity index (χ2n) is 6.04. The van der Waals surface area contributed by atoms with Crippen molar-refractivity contribution in [2.24, 2.45) is 5.92 Å². The lowest BCUT2D eigenvalue weighted by atomic mass is 10.0. The van der Waals surface area contributed by atoms with Gasteiger partial charge in [0.2, 0.25) is 0 Å². The third-order valence-corrected chi connectivity index (χ3v) is 3.53. The summed E-state index contributed by atoms with van der Waals surface area (Å²) in [6.07, 6.45) is 8.32. The summed E-state index contributed by atoms with van der Waals surface area (Å²) >= 11 is 0. The standard InChI is InChI=1S/C23H34O3/c1-4-7-9-11-13-17-22(18-14-12-10-8-5-2)21-25-20-16-15-19-23(24)26-6-3/h22H,4-10,17-21H2,1-3H3. The van der Waals surface area contributed by atoms with Gasteiger partial charge in [-0.15, -0.1) is 23.7 Å². The molecule has 144 valence electrons. The number of ether oxygens (including phenoxy) is 2. The van der Waals surface area contributed by atoms with Crippen molar-refractivity contribution in [2.75, 3.05) is 19.8 Å². The second kappa shape index (κ2) is 19.4. The molecule has 0 bridgehead atoms. The Morgan fingerprint density at radius 1 is 0.846 bits per heavy atom. The predicted octanol–water partition coefficient (Wildman–Crippen LogP) is 4.74. The monoisotopic (exact) mass is 358 g/mol. The number of hydrogen-bond acceptors (Lipinski definition) is 3. The van der Waals surface area contributed by atoms with E-state index in [1.54, 1.807) is 6.92 Å². The minimum absolute atomic E-state index is 0.117. The first-order chi connectivity index (χ1) is 12.7. The van der Waals surface area contributed by atoms with Crippen LogP contribution in [0.2, 0.25) is 0 Å². The minimum atomic E-state index is -0.289. The number of unbranched alkanes of at least 4 members (excludes halogenated alkanes) is 4. The summed E-state index contributed by atoms with van der Waals surface area (Å²) in [5.74, 6) is 18.6. The molecule has 0 saturated carbocycles. The molecule has 0 aliphatic carbocycles. The van der Waals surface area contributed by atoms with E-state index in [9.17, 15) is 4.79 Å². The van der Waals surface area contributed by atoms with Crippen LogP contribution in [0.4, 0.5) is 0 Å². The van der Waals surface area contributed by atoms with Crippen LogP contribution in [0, 0.1) is 41.4 Å². The van der Waals surface area contributed by atoms with Gasteiger partial charge in [0.15, 0.2) is 0 Å². The van der Waals surface area contributed by atoms with Gasteiger partial charge in [0.05, 0.1) is 13.2 Å². The number of hydrogen-bond donors (Lipinski definition) is 0. The number of esters is 1. The third-order valence-electron chi connectivity index (χ3n) is 3.53. The molecule has 3 nitrogen and oxygen atoms in total. The molecule has 0 fully saturated rings. The zero-order valence-corrected chi connectivity index (χ0v) is 16.8. The zero-order chi connectivity index (χ0) is 19.3. The molecule has 3 heteroatoms. The molecule has 0 rings (SSSR count). The van der Waals surface area contributed by atoms with Crippen LogP contribution in [-0.2, 0) is 14.3 Å². The average molecular weight is 359 g/mol. The Morgan fingerprint density at radius 2 is 1.46 bits per heavy atom. The Kier molecular flexibility index (Phi) is 18.0. The summed E-state index contributed by atoms with van der Waals surface area (Å²) < 4.78 is 10.5. The quantitative estimate of drug-likeness (QED) is 0.304. The topological polar surface area (TPSA) is 35.5 Å². The molecule has 0 aliphatic rings. The molecule has 0 aliphatic heterocycles. The van der Waals surface area contributed by atoms with Crippen molar-refractivity contribution >= 4 is 5.97 Å². The lowest BCUT2D eigenvalue weighted by molar-refractivity contribution is -0.141. The Labute approximate surface area is 160 Å². The minimum Gasteiger partial charge on any atom is -0.465 e. The molecule has 0 heterocycles. The highest BCUT2D eigenvalue weighted by Gasteiger charge is 2.05. The summed E-state index contributed by atoms with van der Waals surface area (Å²) in [4.78, 5) is 11.2. The second-order valence-corrected chi connectivity index (χ2v) is 6.04. The van der Waals surface area contributed by atoms with Crippen LogP contribution in [0.1, 0.15) is 78.6 Å². The smallest absolute Gasteiger partial charge is 0.317 e. The van der Waals surface area contributed by atoms with Crippen LogP contribution in [0.5, 0.6) is 0 Å². The molecule has 0 saturated heterocycles. The Hall–Kier alpha value is -1.89. The first kappa shape index (κ1) is 24.1. The van der Waals surface area contributed by atoms with Crippen molar-refractivity contribution < 1.29 is 14.3 Å². The molecule has 0 N–H and O–H groups in total. The fourth-order valence-electron chi connectivity index (χ4n) is 2.00. The van der Waals surface area contributed by atoms with Gasteiger partial charge in [0, 0.05) is 31.6 Å². The largest absolute Gasteiger partial charge is 0.465 e. The summed E-state index contributed by atoms with van der Waals surface area (Å²) in [6, 6.07) is 0. The van der Waals surface area contributed by atoms with Crippen molar-refractivity contribution in [3.8, 4) is 35.5 Å². The third kappa shape index (κ3) is 17.0. The molecule has 0 aromatic carbocycles. The van der Waals surface area contributed by atoms with Gasteiger partial charge in [0.25, 0.3) is 0 Å². The maximum Gasteiger partial charge on any atom is 0.317 e. The number of carbonyl (C=O) groups excluding carboxylic acids is 1. The van der Waals surface area contributed by atoms with E-state index in [-0.39, 0.29) is 12.4 Å². The fraction of sp³-hybridized carbons (Fsp3) is 0.696. The molecule has 26 heavy (non-hydrogen) atoms. The van der Waals surface area contributed by atoms with Crippen LogP contribution in [0.25, 0.3) is 0 Å². The van der Waals surface area contributed by atoms with Gasteiger partial charge in [-0.25, -0.2) is 0 Å². The molecule has 0 aromatic rings. The molecule has 0 amide bonds. The van der Waals surface area contributed by atoms with Gasteiger partial charge in [-0.05, 0) is 19.8 Å². The van der Waals surface area contributed by atoms with E-state index in [0.717, 1.165) is 38.5 Å².